The van der Waals surface area contributed by atoms with Crippen molar-refractivity contribution in [1.82, 2.24) is 0 Å². The summed E-state index contributed by atoms with van der Waals surface area (Å²) < 4.78 is 0. The van der Waals surface area contributed by atoms with Gasteiger partial charge in [-0.25, -0.2) is 0 Å². The van der Waals surface area contributed by atoms with Gasteiger partial charge in [0.05, 0.1) is 0 Å². The van der Waals surface area contributed by atoms with E-state index in [1.54, 1.807) is 18.2 Å². The first kappa shape index (κ1) is 9.49. The first-order valence-electron chi connectivity index (χ1n) is 4.32. The lowest BCUT2D eigenvalue weighted by atomic mass is 10.1. The largest absolute Gasteiger partial charge is 0.480 e. The molecule has 0 saturated heterocycles. The lowest BCUT2D eigenvalue weighted by Crippen LogP contribution is -2.34. The van der Waals surface area contributed by atoms with E-state index in [4.69, 9.17) is 22.4 Å². The number of carboxylic acids is 1. The zero-order valence-electron chi connectivity index (χ0n) is 7.40. The lowest BCUT2D eigenvalue weighted by molar-refractivity contribution is -0.139. The van der Waals surface area contributed by atoms with Crippen LogP contribution in [0.25, 0.3) is 0 Å². The van der Waals surface area contributed by atoms with E-state index >= 15 is 0 Å². The molecular weight excluding hydrogens is 202 g/mol. The molecule has 1 aliphatic rings. The average Bonchev–Trinajstić information content (AvgIpc) is 2.80. The fraction of sp³-hybridized carbons (Fsp3) is 0.300. The maximum atomic E-state index is 10.8. The van der Waals surface area contributed by atoms with E-state index in [9.17, 15) is 4.79 Å². The molecule has 2 rings (SSSR count). The van der Waals surface area contributed by atoms with Crippen LogP contribution in [0.15, 0.2) is 24.3 Å². The lowest BCUT2D eigenvalue weighted by Gasteiger charge is -2.05. The van der Waals surface area contributed by atoms with Crippen molar-refractivity contribution < 1.29 is 9.90 Å². The maximum absolute atomic E-state index is 10.8. The van der Waals surface area contributed by atoms with Crippen LogP contribution in [-0.4, -0.2) is 16.6 Å². The third kappa shape index (κ3) is 1.38. The van der Waals surface area contributed by atoms with Gasteiger partial charge in [0, 0.05) is 10.9 Å². The van der Waals surface area contributed by atoms with Crippen molar-refractivity contribution in [3.05, 3.63) is 34.9 Å². The quantitative estimate of drug-likeness (QED) is 0.781. The number of carboxylic acid groups (broad SMARTS) is 1. The topological polar surface area (TPSA) is 63.3 Å². The number of nitrogens with two attached hydrogens (primary N) is 1. The van der Waals surface area contributed by atoms with E-state index in [-0.39, 0.29) is 5.92 Å². The van der Waals surface area contributed by atoms with Crippen molar-refractivity contribution in [2.75, 3.05) is 0 Å². The van der Waals surface area contributed by atoms with Gasteiger partial charge in [-0.15, -0.1) is 0 Å². The molecule has 2 atom stereocenters. The molecule has 74 valence electrons. The molecule has 3 N–H and O–H groups in total. The van der Waals surface area contributed by atoms with Gasteiger partial charge in [0.15, 0.2) is 0 Å². The molecule has 0 aliphatic heterocycles. The van der Waals surface area contributed by atoms with Gasteiger partial charge < -0.3 is 10.8 Å². The molecule has 0 heterocycles. The predicted molar refractivity (Wildman–Crippen MR) is 53.4 cm³/mol. The summed E-state index contributed by atoms with van der Waals surface area (Å²) in [5, 5.41) is 9.47. The molecule has 0 bridgehead atoms. The molecule has 14 heavy (non-hydrogen) atoms. The van der Waals surface area contributed by atoms with Crippen LogP contribution >= 0.6 is 11.6 Å². The second-order valence-corrected chi connectivity index (χ2v) is 4.09. The van der Waals surface area contributed by atoms with Crippen LogP contribution < -0.4 is 5.73 Å². The Morgan fingerprint density at radius 3 is 2.86 bits per heavy atom. The van der Waals surface area contributed by atoms with Crippen LogP contribution in [0.5, 0.6) is 0 Å². The Balaban J connectivity index is 2.25. The van der Waals surface area contributed by atoms with Crippen molar-refractivity contribution in [3.63, 3.8) is 0 Å². The number of hydrogen-bond donors (Lipinski definition) is 2. The van der Waals surface area contributed by atoms with Gasteiger partial charge in [0.1, 0.15) is 5.54 Å². The molecule has 1 fully saturated rings. The Morgan fingerprint density at radius 2 is 2.36 bits per heavy atom. The number of benzene rings is 1. The highest BCUT2D eigenvalue weighted by Crippen LogP contribution is 2.49. The fourth-order valence-corrected chi connectivity index (χ4v) is 1.85. The Labute approximate surface area is 86.5 Å². The molecule has 1 aliphatic carbocycles. The minimum absolute atomic E-state index is 0.0984. The van der Waals surface area contributed by atoms with Crippen LogP contribution in [0, 0.1) is 0 Å². The molecule has 3 nitrogen and oxygen atoms in total. The van der Waals surface area contributed by atoms with Gasteiger partial charge in [-0.3, -0.25) is 4.79 Å². The van der Waals surface area contributed by atoms with Crippen molar-refractivity contribution in [1.29, 1.82) is 0 Å². The second-order valence-electron chi connectivity index (χ2n) is 3.66. The summed E-state index contributed by atoms with van der Waals surface area (Å²) in [5.74, 6) is -1.04. The van der Waals surface area contributed by atoms with E-state index in [0.717, 1.165) is 5.56 Å². The summed E-state index contributed by atoms with van der Waals surface area (Å²) >= 11 is 5.80. The zero-order chi connectivity index (χ0) is 10.3. The van der Waals surface area contributed by atoms with Crippen LogP contribution in [0.4, 0.5) is 0 Å². The Kier molecular flexibility index (Phi) is 2.01. The van der Waals surface area contributed by atoms with E-state index < -0.39 is 11.5 Å². The fourth-order valence-electron chi connectivity index (χ4n) is 1.65. The summed E-state index contributed by atoms with van der Waals surface area (Å²) in [6.07, 6.45) is 0.489. The van der Waals surface area contributed by atoms with E-state index in [1.807, 2.05) is 6.07 Å². The molecule has 4 heteroatoms. The summed E-state index contributed by atoms with van der Waals surface area (Å²) in [4.78, 5) is 10.8. The monoisotopic (exact) mass is 211 g/mol. The molecule has 1 aromatic rings. The number of rotatable bonds is 2. The summed E-state index contributed by atoms with van der Waals surface area (Å²) in [6, 6.07) is 7.18. The van der Waals surface area contributed by atoms with Crippen LogP contribution in [0.1, 0.15) is 17.9 Å². The summed E-state index contributed by atoms with van der Waals surface area (Å²) in [5.41, 5.74) is 5.50. The average molecular weight is 212 g/mol. The molecule has 0 aromatic heterocycles. The van der Waals surface area contributed by atoms with Gasteiger partial charge in [0.25, 0.3) is 0 Å². The number of halogens is 1. The number of hydrogen-bond acceptors (Lipinski definition) is 2. The molecule has 2 unspecified atom stereocenters. The molecule has 0 amide bonds. The smallest absolute Gasteiger partial charge is 0.324 e. The number of carbonyl (C=O) groups is 1. The SMILES string of the molecule is NC1(C(=O)O)CC1c1cccc(Cl)c1. The molecule has 0 spiro atoms. The predicted octanol–water partition coefficient (Wildman–Crippen LogP) is 1.61. The normalized spacial score (nSPS) is 30.0. The highest BCUT2D eigenvalue weighted by Gasteiger charge is 2.58. The van der Waals surface area contributed by atoms with Crippen LogP contribution in [0.3, 0.4) is 0 Å². The third-order valence-corrected chi connectivity index (χ3v) is 2.89. The Hall–Kier alpha value is -1.06. The van der Waals surface area contributed by atoms with E-state index in [1.165, 1.54) is 0 Å². The first-order valence-corrected chi connectivity index (χ1v) is 4.69. The molecule has 1 saturated carbocycles. The third-order valence-electron chi connectivity index (χ3n) is 2.65. The Morgan fingerprint density at radius 1 is 1.64 bits per heavy atom. The summed E-state index contributed by atoms with van der Waals surface area (Å²) in [6.45, 7) is 0. The van der Waals surface area contributed by atoms with Crippen LogP contribution in [-0.2, 0) is 4.79 Å². The van der Waals surface area contributed by atoms with Gasteiger partial charge >= 0.3 is 5.97 Å². The van der Waals surface area contributed by atoms with Gasteiger partial charge in [-0.2, -0.15) is 0 Å². The Bertz CT molecular complexity index is 393. The zero-order valence-corrected chi connectivity index (χ0v) is 8.16. The van der Waals surface area contributed by atoms with Crippen molar-refractivity contribution in [3.8, 4) is 0 Å². The molecule has 0 radical (unpaired) electrons. The second kappa shape index (κ2) is 2.97. The standard InChI is InChI=1S/C10H10ClNO2/c11-7-3-1-2-6(4-7)8-5-10(8,12)9(13)14/h1-4,8H,5,12H2,(H,13,14). The van der Waals surface area contributed by atoms with Crippen molar-refractivity contribution in [2.45, 2.75) is 17.9 Å². The minimum atomic E-state index is -1.08. The molecule has 1 aromatic carbocycles. The highest BCUT2D eigenvalue weighted by molar-refractivity contribution is 6.30. The van der Waals surface area contributed by atoms with E-state index in [0.29, 0.717) is 11.4 Å². The first-order chi connectivity index (χ1) is 6.54. The highest BCUT2D eigenvalue weighted by atomic mass is 35.5. The maximum Gasteiger partial charge on any atom is 0.324 e. The van der Waals surface area contributed by atoms with Crippen molar-refractivity contribution >= 4 is 17.6 Å². The minimum Gasteiger partial charge on any atom is -0.480 e. The van der Waals surface area contributed by atoms with Crippen LogP contribution in [0.2, 0.25) is 5.02 Å². The molecular formula is C10H10ClNO2. The van der Waals surface area contributed by atoms with E-state index in [2.05, 4.69) is 0 Å². The van der Waals surface area contributed by atoms with Gasteiger partial charge in [0.2, 0.25) is 0 Å². The van der Waals surface area contributed by atoms with Crippen molar-refractivity contribution in [2.24, 2.45) is 5.73 Å². The summed E-state index contributed by atoms with van der Waals surface area (Å²) in [7, 11) is 0. The number of aliphatic carboxylic acids is 1. The van der Waals surface area contributed by atoms with Gasteiger partial charge in [-0.1, -0.05) is 23.7 Å². The van der Waals surface area contributed by atoms with Gasteiger partial charge in [-0.05, 0) is 24.1 Å².